The number of nitrogen functional groups attached to an aromatic ring is 1. The third-order valence-corrected chi connectivity index (χ3v) is 3.92. The van der Waals surface area contributed by atoms with Crippen LogP contribution in [0.15, 0.2) is 24.3 Å². The molecule has 0 radical (unpaired) electrons. The lowest BCUT2D eigenvalue weighted by atomic mass is 10.1. The lowest BCUT2D eigenvalue weighted by Gasteiger charge is -2.12. The van der Waals surface area contributed by atoms with Crippen LogP contribution in [0.25, 0.3) is 0 Å². The van der Waals surface area contributed by atoms with E-state index in [9.17, 15) is 4.79 Å². The fourth-order valence-corrected chi connectivity index (χ4v) is 2.39. The van der Waals surface area contributed by atoms with Crippen LogP contribution in [-0.4, -0.2) is 17.7 Å². The Morgan fingerprint density at radius 3 is 2.71 bits per heavy atom. The quantitative estimate of drug-likeness (QED) is 0.756. The van der Waals surface area contributed by atoms with Crippen molar-refractivity contribution in [3.8, 4) is 0 Å². The van der Waals surface area contributed by atoms with Crippen molar-refractivity contribution in [2.24, 2.45) is 0 Å². The molecule has 1 amide bonds. The Morgan fingerprint density at radius 2 is 2.04 bits per heavy atom. The maximum Gasteiger partial charge on any atom is 0.411 e. The van der Waals surface area contributed by atoms with Crippen LogP contribution >= 0.6 is 11.6 Å². The molecule has 0 aliphatic carbocycles. The SMILES string of the molecule is CCOC(=O)Nc1ccc(NCc2cc(Cl)c(C)cc2C)nc1N. The minimum absolute atomic E-state index is 0.215. The fourth-order valence-electron chi connectivity index (χ4n) is 2.20. The molecule has 128 valence electrons. The topological polar surface area (TPSA) is 89.3 Å². The zero-order valence-electron chi connectivity index (χ0n) is 13.9. The summed E-state index contributed by atoms with van der Waals surface area (Å²) in [6.45, 7) is 6.60. The number of anilines is 3. The third-order valence-electron chi connectivity index (χ3n) is 3.51. The average Bonchev–Trinajstić information content (AvgIpc) is 2.52. The van der Waals surface area contributed by atoms with Crippen LogP contribution in [0.3, 0.4) is 0 Å². The number of benzene rings is 1. The highest BCUT2D eigenvalue weighted by molar-refractivity contribution is 6.31. The van der Waals surface area contributed by atoms with Crippen molar-refractivity contribution >= 4 is 35.0 Å². The molecule has 4 N–H and O–H groups in total. The number of nitrogens with two attached hydrogens (primary N) is 1. The second-order valence-electron chi connectivity index (χ2n) is 5.36. The molecule has 24 heavy (non-hydrogen) atoms. The lowest BCUT2D eigenvalue weighted by molar-refractivity contribution is 0.168. The van der Waals surface area contributed by atoms with Gasteiger partial charge in [0.1, 0.15) is 11.6 Å². The van der Waals surface area contributed by atoms with Gasteiger partial charge in [0.2, 0.25) is 0 Å². The Kier molecular flexibility index (Phi) is 5.87. The molecule has 2 aromatic rings. The van der Waals surface area contributed by atoms with Crippen LogP contribution in [0.4, 0.5) is 22.1 Å². The fraction of sp³-hybridized carbons (Fsp3) is 0.294. The second kappa shape index (κ2) is 7.88. The van der Waals surface area contributed by atoms with E-state index in [1.165, 1.54) is 0 Å². The Labute approximate surface area is 146 Å². The molecule has 1 heterocycles. The van der Waals surface area contributed by atoms with Crippen molar-refractivity contribution in [2.45, 2.75) is 27.3 Å². The average molecular weight is 349 g/mol. The molecular formula is C17H21ClN4O2. The summed E-state index contributed by atoms with van der Waals surface area (Å²) in [6, 6.07) is 7.41. The molecule has 0 spiro atoms. The van der Waals surface area contributed by atoms with Gasteiger partial charge in [0.15, 0.2) is 0 Å². The van der Waals surface area contributed by atoms with E-state index in [-0.39, 0.29) is 12.4 Å². The maximum absolute atomic E-state index is 11.4. The van der Waals surface area contributed by atoms with E-state index in [1.54, 1.807) is 19.1 Å². The molecule has 0 saturated carbocycles. The molecule has 6 nitrogen and oxygen atoms in total. The first-order valence-electron chi connectivity index (χ1n) is 7.60. The van der Waals surface area contributed by atoms with E-state index in [0.717, 1.165) is 21.7 Å². The zero-order valence-corrected chi connectivity index (χ0v) is 14.7. The van der Waals surface area contributed by atoms with Crippen LogP contribution in [0, 0.1) is 13.8 Å². The molecule has 0 aliphatic heterocycles. The summed E-state index contributed by atoms with van der Waals surface area (Å²) < 4.78 is 4.81. The largest absolute Gasteiger partial charge is 0.450 e. The van der Waals surface area contributed by atoms with E-state index in [2.05, 4.69) is 15.6 Å². The first-order chi connectivity index (χ1) is 11.4. The molecule has 0 atom stereocenters. The predicted molar refractivity (Wildman–Crippen MR) is 97.5 cm³/mol. The van der Waals surface area contributed by atoms with Crippen molar-refractivity contribution in [3.63, 3.8) is 0 Å². The summed E-state index contributed by atoms with van der Waals surface area (Å²) >= 11 is 6.17. The maximum atomic E-state index is 11.4. The van der Waals surface area contributed by atoms with E-state index in [1.807, 2.05) is 26.0 Å². The highest BCUT2D eigenvalue weighted by Gasteiger charge is 2.08. The number of halogens is 1. The molecule has 1 aromatic heterocycles. The molecular weight excluding hydrogens is 328 g/mol. The smallest absolute Gasteiger partial charge is 0.411 e. The summed E-state index contributed by atoms with van der Waals surface area (Å²) in [4.78, 5) is 15.6. The van der Waals surface area contributed by atoms with Crippen molar-refractivity contribution in [1.29, 1.82) is 0 Å². The number of nitrogens with one attached hydrogen (secondary N) is 2. The molecule has 0 saturated heterocycles. The molecule has 7 heteroatoms. The van der Waals surface area contributed by atoms with Gasteiger partial charge in [-0.1, -0.05) is 17.7 Å². The minimum atomic E-state index is -0.559. The number of amides is 1. The summed E-state index contributed by atoms with van der Waals surface area (Å²) in [5, 5.41) is 6.48. The van der Waals surface area contributed by atoms with Crippen LogP contribution in [-0.2, 0) is 11.3 Å². The van der Waals surface area contributed by atoms with Gasteiger partial charge in [-0.2, -0.15) is 0 Å². The molecule has 0 bridgehead atoms. The third kappa shape index (κ3) is 4.52. The molecule has 1 aromatic carbocycles. The van der Waals surface area contributed by atoms with Gasteiger partial charge in [-0.3, -0.25) is 5.32 Å². The number of carbonyl (C=O) groups is 1. The summed E-state index contributed by atoms with van der Waals surface area (Å²) in [6.07, 6.45) is -0.559. The first-order valence-corrected chi connectivity index (χ1v) is 7.98. The normalized spacial score (nSPS) is 10.3. The van der Waals surface area contributed by atoms with Crippen LogP contribution in [0.2, 0.25) is 5.02 Å². The van der Waals surface area contributed by atoms with Gasteiger partial charge < -0.3 is 15.8 Å². The summed E-state index contributed by atoms with van der Waals surface area (Å²) in [7, 11) is 0. The van der Waals surface area contributed by atoms with Gasteiger partial charge in [0, 0.05) is 11.6 Å². The molecule has 2 rings (SSSR count). The lowest BCUT2D eigenvalue weighted by Crippen LogP contribution is -2.15. The Balaban J connectivity index is 2.05. The van der Waals surface area contributed by atoms with Gasteiger partial charge in [0.05, 0.1) is 12.3 Å². The number of aromatic nitrogens is 1. The molecule has 0 unspecified atom stereocenters. The van der Waals surface area contributed by atoms with Crippen molar-refractivity contribution < 1.29 is 9.53 Å². The van der Waals surface area contributed by atoms with E-state index >= 15 is 0 Å². The van der Waals surface area contributed by atoms with Crippen molar-refractivity contribution in [2.75, 3.05) is 23.0 Å². The Morgan fingerprint density at radius 1 is 1.29 bits per heavy atom. The van der Waals surface area contributed by atoms with Crippen molar-refractivity contribution in [1.82, 2.24) is 4.98 Å². The monoisotopic (exact) mass is 348 g/mol. The van der Waals surface area contributed by atoms with E-state index in [0.29, 0.717) is 18.1 Å². The first kappa shape index (κ1) is 17.9. The number of nitrogens with zero attached hydrogens (tertiary/aromatic N) is 1. The predicted octanol–water partition coefficient (Wildman–Crippen LogP) is 4.11. The van der Waals surface area contributed by atoms with Gasteiger partial charge in [-0.05, 0) is 55.7 Å². The van der Waals surface area contributed by atoms with Gasteiger partial charge in [-0.15, -0.1) is 0 Å². The van der Waals surface area contributed by atoms with Crippen molar-refractivity contribution in [3.05, 3.63) is 46.0 Å². The number of hydrogen-bond donors (Lipinski definition) is 3. The minimum Gasteiger partial charge on any atom is -0.450 e. The van der Waals surface area contributed by atoms with Crippen LogP contribution in [0.1, 0.15) is 23.6 Å². The standard InChI is InChI=1S/C17H21ClN4O2/c1-4-24-17(23)21-14-5-6-15(22-16(14)19)20-9-12-8-13(18)11(3)7-10(12)2/h5-8H,4,9H2,1-3H3,(H,21,23)(H3,19,20,22). The highest BCUT2D eigenvalue weighted by atomic mass is 35.5. The van der Waals surface area contributed by atoms with Gasteiger partial charge in [0.25, 0.3) is 0 Å². The number of hydrogen-bond acceptors (Lipinski definition) is 5. The van der Waals surface area contributed by atoms with E-state index < -0.39 is 6.09 Å². The number of aryl methyl sites for hydroxylation is 2. The summed E-state index contributed by atoms with van der Waals surface area (Å²) in [5.41, 5.74) is 9.56. The number of carbonyl (C=O) groups excluding carboxylic acids is 1. The molecule has 0 fully saturated rings. The van der Waals surface area contributed by atoms with Crippen LogP contribution in [0.5, 0.6) is 0 Å². The number of ether oxygens (including phenoxy) is 1. The van der Waals surface area contributed by atoms with Gasteiger partial charge >= 0.3 is 6.09 Å². The van der Waals surface area contributed by atoms with Crippen LogP contribution < -0.4 is 16.4 Å². The van der Waals surface area contributed by atoms with E-state index in [4.69, 9.17) is 22.1 Å². The zero-order chi connectivity index (χ0) is 17.7. The second-order valence-corrected chi connectivity index (χ2v) is 5.76. The molecule has 0 aliphatic rings. The highest BCUT2D eigenvalue weighted by Crippen LogP contribution is 2.23. The number of rotatable bonds is 5. The Bertz CT molecular complexity index is 750. The summed E-state index contributed by atoms with van der Waals surface area (Å²) in [5.74, 6) is 0.824. The Hall–Kier alpha value is -2.47. The number of pyridine rings is 1. The van der Waals surface area contributed by atoms with Gasteiger partial charge in [-0.25, -0.2) is 9.78 Å².